The first-order valence-electron chi connectivity index (χ1n) is 10.9. The summed E-state index contributed by atoms with van der Waals surface area (Å²) in [7, 11) is 0. The summed E-state index contributed by atoms with van der Waals surface area (Å²) in [5.74, 6) is -0.730. The van der Waals surface area contributed by atoms with Crippen molar-refractivity contribution in [2.45, 2.75) is 38.7 Å². The van der Waals surface area contributed by atoms with Crippen LogP contribution in [-0.4, -0.2) is 65.2 Å². The zero-order chi connectivity index (χ0) is 22.5. The van der Waals surface area contributed by atoms with Crippen LogP contribution < -0.4 is 10.6 Å². The predicted molar refractivity (Wildman–Crippen MR) is 120 cm³/mol. The molecular formula is C22H27N5O4S. The number of carbonyl (C=O) groups is 3. The molecule has 0 spiro atoms. The molecule has 3 amide bonds. The number of hydrogen-bond acceptors (Lipinski definition) is 7. The number of aromatic nitrogens is 2. The summed E-state index contributed by atoms with van der Waals surface area (Å²) in [4.78, 5) is 39.3. The quantitative estimate of drug-likeness (QED) is 0.688. The Morgan fingerprint density at radius 3 is 2.50 bits per heavy atom. The van der Waals surface area contributed by atoms with Gasteiger partial charge in [0.2, 0.25) is 15.9 Å². The van der Waals surface area contributed by atoms with E-state index in [0.29, 0.717) is 38.2 Å². The molecule has 1 aromatic heterocycles. The Bertz CT molecular complexity index is 963. The molecule has 1 atom stereocenters. The number of aryl methyl sites for hydroxylation is 1. The number of nitrogens with zero attached hydrogens (tertiary/aromatic N) is 3. The number of anilines is 1. The first kappa shape index (κ1) is 22.3. The number of rotatable bonds is 6. The lowest BCUT2D eigenvalue weighted by atomic mass is 9.96. The van der Waals surface area contributed by atoms with Crippen LogP contribution in [0.3, 0.4) is 0 Å². The third-order valence-electron chi connectivity index (χ3n) is 5.79. The molecule has 0 saturated carbocycles. The molecule has 32 heavy (non-hydrogen) atoms. The summed E-state index contributed by atoms with van der Waals surface area (Å²) in [6.45, 7) is 4.23. The van der Waals surface area contributed by atoms with Crippen LogP contribution in [0.5, 0.6) is 0 Å². The minimum Gasteiger partial charge on any atom is -0.376 e. The number of benzene rings is 1. The number of likely N-dealkylation sites (tertiary alicyclic amines) is 1. The van der Waals surface area contributed by atoms with Gasteiger partial charge in [-0.15, -0.1) is 10.2 Å². The van der Waals surface area contributed by atoms with Gasteiger partial charge >= 0.3 is 0 Å². The highest BCUT2D eigenvalue weighted by atomic mass is 32.1. The second kappa shape index (κ2) is 10.2. The number of hydrogen-bond donors (Lipinski definition) is 2. The number of piperidine rings is 1. The number of nitrogens with one attached hydrogen (secondary N) is 2. The minimum atomic E-state index is -0.396. The molecule has 2 aliphatic rings. The largest absolute Gasteiger partial charge is 0.376 e. The molecule has 3 heterocycles. The normalized spacial score (nSPS) is 19.0. The summed E-state index contributed by atoms with van der Waals surface area (Å²) in [6.07, 6.45) is 3.35. The fourth-order valence-corrected chi connectivity index (χ4v) is 4.57. The Kier molecular flexibility index (Phi) is 7.11. The van der Waals surface area contributed by atoms with Gasteiger partial charge in [-0.05, 0) is 44.7 Å². The van der Waals surface area contributed by atoms with Crippen LogP contribution in [0.2, 0.25) is 0 Å². The van der Waals surface area contributed by atoms with E-state index in [2.05, 4.69) is 20.8 Å². The molecule has 170 valence electrons. The van der Waals surface area contributed by atoms with Gasteiger partial charge in [-0.3, -0.25) is 14.4 Å². The first-order valence-corrected chi connectivity index (χ1v) is 11.7. The van der Waals surface area contributed by atoms with E-state index in [0.717, 1.165) is 36.3 Å². The van der Waals surface area contributed by atoms with E-state index in [1.165, 1.54) is 0 Å². The van der Waals surface area contributed by atoms with E-state index in [1.54, 1.807) is 17.0 Å². The number of ether oxygens (including phenoxy) is 1. The van der Waals surface area contributed by atoms with E-state index >= 15 is 0 Å². The molecular weight excluding hydrogens is 430 g/mol. The highest BCUT2D eigenvalue weighted by molar-refractivity contribution is 7.15. The fraction of sp³-hybridized carbons (Fsp3) is 0.500. The molecule has 2 saturated heterocycles. The van der Waals surface area contributed by atoms with Crippen LogP contribution in [0.4, 0.5) is 5.69 Å². The molecule has 0 radical (unpaired) electrons. The van der Waals surface area contributed by atoms with Gasteiger partial charge in [0.05, 0.1) is 6.10 Å². The maximum atomic E-state index is 12.8. The second-order valence-electron chi connectivity index (χ2n) is 8.18. The van der Waals surface area contributed by atoms with E-state index < -0.39 is 5.91 Å². The summed E-state index contributed by atoms with van der Waals surface area (Å²) in [5, 5.41) is 13.9. The number of amides is 3. The molecule has 2 N–H and O–H groups in total. The third-order valence-corrected chi connectivity index (χ3v) is 6.70. The smallest absolute Gasteiger partial charge is 0.286 e. The molecule has 1 aromatic carbocycles. The van der Waals surface area contributed by atoms with Crippen LogP contribution in [0, 0.1) is 12.8 Å². The lowest BCUT2D eigenvalue weighted by Gasteiger charge is -2.30. The van der Waals surface area contributed by atoms with Crippen molar-refractivity contribution < 1.29 is 19.1 Å². The molecule has 10 heteroatoms. The third kappa shape index (κ3) is 5.49. The zero-order valence-corrected chi connectivity index (χ0v) is 18.8. The van der Waals surface area contributed by atoms with Gasteiger partial charge in [0.25, 0.3) is 11.8 Å². The summed E-state index contributed by atoms with van der Waals surface area (Å²) < 4.78 is 5.54. The topological polar surface area (TPSA) is 114 Å². The molecule has 2 aliphatic heterocycles. The monoisotopic (exact) mass is 457 g/mol. The van der Waals surface area contributed by atoms with Crippen molar-refractivity contribution in [1.29, 1.82) is 0 Å². The Morgan fingerprint density at radius 1 is 1.09 bits per heavy atom. The molecule has 9 nitrogen and oxygen atoms in total. The molecule has 4 rings (SSSR count). The predicted octanol–water partition coefficient (Wildman–Crippen LogP) is 2.25. The van der Waals surface area contributed by atoms with E-state index in [-0.39, 0.29) is 33.9 Å². The maximum absolute atomic E-state index is 12.8. The van der Waals surface area contributed by atoms with Gasteiger partial charge in [0.1, 0.15) is 0 Å². The number of carbonyl (C=O) groups excluding carboxylic acids is 3. The highest BCUT2D eigenvalue weighted by Gasteiger charge is 2.30. The van der Waals surface area contributed by atoms with Crippen molar-refractivity contribution in [2.24, 2.45) is 5.92 Å². The van der Waals surface area contributed by atoms with Gasteiger partial charge in [0, 0.05) is 37.8 Å². The van der Waals surface area contributed by atoms with Crippen LogP contribution in [0.15, 0.2) is 24.3 Å². The fourth-order valence-electron chi connectivity index (χ4n) is 3.87. The lowest BCUT2D eigenvalue weighted by molar-refractivity contribution is -0.126. The molecule has 0 aliphatic carbocycles. The SMILES string of the molecule is Cc1ccc(NC(=O)c2nnc(C(=O)N3CCC(C(=O)NC[C@@H]4CCCO4)CC3)s2)cc1. The van der Waals surface area contributed by atoms with Crippen LogP contribution in [0.25, 0.3) is 0 Å². The Labute approximate surface area is 190 Å². The van der Waals surface area contributed by atoms with Gasteiger partial charge in [-0.2, -0.15) is 0 Å². The standard InChI is InChI=1S/C22H27N5O4S/c1-14-4-6-16(7-5-14)24-19(29)20-25-26-21(32-20)22(30)27-10-8-15(9-11-27)18(28)23-13-17-3-2-12-31-17/h4-7,15,17H,2-3,8-13H2,1H3,(H,23,28)(H,24,29)/t17-/m0/s1. The lowest BCUT2D eigenvalue weighted by Crippen LogP contribution is -2.44. The van der Waals surface area contributed by atoms with E-state index in [4.69, 9.17) is 4.74 Å². The molecule has 0 unspecified atom stereocenters. The summed E-state index contributed by atoms with van der Waals surface area (Å²) in [6, 6.07) is 7.41. The van der Waals surface area contributed by atoms with Crippen LogP contribution in [-0.2, 0) is 9.53 Å². The Morgan fingerprint density at radius 2 is 1.81 bits per heavy atom. The molecule has 2 aromatic rings. The van der Waals surface area contributed by atoms with Crippen LogP contribution >= 0.6 is 11.3 Å². The van der Waals surface area contributed by atoms with Crippen molar-refractivity contribution in [2.75, 3.05) is 31.6 Å². The van der Waals surface area contributed by atoms with Crippen molar-refractivity contribution >= 4 is 34.7 Å². The highest BCUT2D eigenvalue weighted by Crippen LogP contribution is 2.21. The van der Waals surface area contributed by atoms with E-state index in [9.17, 15) is 14.4 Å². The summed E-state index contributed by atoms with van der Waals surface area (Å²) >= 11 is 0.976. The van der Waals surface area contributed by atoms with Gasteiger partial charge in [-0.25, -0.2) is 0 Å². The first-order chi connectivity index (χ1) is 15.5. The molecule has 0 bridgehead atoms. The Balaban J connectivity index is 1.26. The van der Waals surface area contributed by atoms with Crippen molar-refractivity contribution in [1.82, 2.24) is 20.4 Å². The van der Waals surface area contributed by atoms with E-state index in [1.807, 2.05) is 19.1 Å². The maximum Gasteiger partial charge on any atom is 0.286 e. The van der Waals surface area contributed by atoms with Gasteiger partial charge in [0.15, 0.2) is 0 Å². The van der Waals surface area contributed by atoms with Gasteiger partial charge in [-0.1, -0.05) is 29.0 Å². The second-order valence-corrected chi connectivity index (χ2v) is 9.16. The zero-order valence-electron chi connectivity index (χ0n) is 18.0. The minimum absolute atomic E-state index is 0.0265. The van der Waals surface area contributed by atoms with Gasteiger partial charge < -0.3 is 20.3 Å². The van der Waals surface area contributed by atoms with Crippen LogP contribution in [0.1, 0.15) is 50.9 Å². The average molecular weight is 458 g/mol. The average Bonchev–Trinajstić information content (AvgIpc) is 3.51. The summed E-state index contributed by atoms with van der Waals surface area (Å²) in [5.41, 5.74) is 1.75. The molecule has 2 fully saturated rings. The van der Waals surface area contributed by atoms with Crippen molar-refractivity contribution in [3.63, 3.8) is 0 Å². The van der Waals surface area contributed by atoms with Crippen molar-refractivity contribution in [3.8, 4) is 0 Å². The van der Waals surface area contributed by atoms with Crippen molar-refractivity contribution in [3.05, 3.63) is 39.8 Å². The Hall–Kier alpha value is -2.85.